The highest BCUT2D eigenvalue weighted by Crippen LogP contribution is 2.02. The van der Waals surface area contributed by atoms with Crippen LogP contribution in [0.15, 0.2) is 0 Å². The molecule has 0 rings (SSSR count). The van der Waals surface area contributed by atoms with Crippen LogP contribution in [0.2, 0.25) is 0 Å². The van der Waals surface area contributed by atoms with Crippen molar-refractivity contribution in [1.82, 2.24) is 0 Å². The molecule has 0 aromatic heterocycles. The monoisotopic (exact) mass is 157 g/mol. The Morgan fingerprint density at radius 1 is 1.45 bits per heavy atom. The summed E-state index contributed by atoms with van der Waals surface area (Å²) < 4.78 is 0. The summed E-state index contributed by atoms with van der Waals surface area (Å²) in [6.45, 7) is 7.35. The van der Waals surface area contributed by atoms with Gasteiger partial charge in [0.2, 0.25) is 0 Å². The highest BCUT2D eigenvalue weighted by atomic mass is 16.1. The summed E-state index contributed by atoms with van der Waals surface area (Å²) in [4.78, 5) is 11.2. The van der Waals surface area contributed by atoms with E-state index in [4.69, 9.17) is 11.5 Å². The van der Waals surface area contributed by atoms with Crippen molar-refractivity contribution < 1.29 is 4.79 Å². The number of carbonyl (C=O) groups is 1. The minimum absolute atomic E-state index is 0.0880. The molecule has 0 aliphatic rings. The smallest absolute Gasteiger partial charge is 0.166 e. The molecular weight excluding hydrogens is 140 g/mol. The average molecular weight is 157 g/mol. The van der Waals surface area contributed by atoms with Crippen molar-refractivity contribution in [2.45, 2.75) is 32.4 Å². The molecule has 0 aliphatic carbocycles. The molecule has 0 saturated carbocycles. The van der Waals surface area contributed by atoms with Crippen LogP contribution < -0.4 is 11.5 Å². The van der Waals surface area contributed by atoms with Crippen LogP contribution in [0.3, 0.4) is 0 Å². The molecule has 4 N–H and O–H groups in total. The summed E-state index contributed by atoms with van der Waals surface area (Å²) >= 11 is 0. The van der Waals surface area contributed by atoms with Crippen molar-refractivity contribution in [3.8, 4) is 0 Å². The zero-order valence-corrected chi connectivity index (χ0v) is 7.21. The van der Waals surface area contributed by atoms with Crippen molar-refractivity contribution in [3.63, 3.8) is 0 Å². The summed E-state index contributed by atoms with van der Waals surface area (Å²) in [5, 5.41) is 0. The predicted molar refractivity (Wildman–Crippen MR) is 45.8 cm³/mol. The third kappa shape index (κ3) is 2.99. The zero-order chi connectivity index (χ0) is 9.02. The summed E-state index contributed by atoms with van der Waals surface area (Å²) in [7, 11) is 0. The van der Waals surface area contributed by atoms with Crippen LogP contribution in [0, 0.1) is 12.8 Å². The highest BCUT2D eigenvalue weighted by Gasteiger charge is 2.21. The molecule has 0 fully saturated rings. The zero-order valence-electron chi connectivity index (χ0n) is 7.21. The Morgan fingerprint density at radius 3 is 2.18 bits per heavy atom. The number of ketones is 1. The molecule has 1 unspecified atom stereocenters. The topological polar surface area (TPSA) is 69.1 Å². The van der Waals surface area contributed by atoms with Crippen LogP contribution in [-0.2, 0) is 4.79 Å². The van der Waals surface area contributed by atoms with E-state index in [-0.39, 0.29) is 11.7 Å². The minimum atomic E-state index is -0.493. The first-order valence-electron chi connectivity index (χ1n) is 3.84. The van der Waals surface area contributed by atoms with Crippen LogP contribution in [0.25, 0.3) is 0 Å². The molecule has 11 heavy (non-hydrogen) atoms. The summed E-state index contributed by atoms with van der Waals surface area (Å²) in [6, 6.07) is -0.931. The fourth-order valence-electron chi connectivity index (χ4n) is 0.718. The number of hydrogen-bond acceptors (Lipinski definition) is 3. The Labute approximate surface area is 68.1 Å². The van der Waals surface area contributed by atoms with Gasteiger partial charge in [-0.1, -0.05) is 20.8 Å². The second-order valence-corrected chi connectivity index (χ2v) is 3.07. The van der Waals surface area contributed by atoms with Crippen molar-refractivity contribution in [2.75, 3.05) is 0 Å². The van der Waals surface area contributed by atoms with E-state index in [1.807, 2.05) is 13.8 Å². The highest BCUT2D eigenvalue weighted by molar-refractivity contribution is 5.88. The van der Waals surface area contributed by atoms with Crippen LogP contribution in [0.1, 0.15) is 20.3 Å². The van der Waals surface area contributed by atoms with Gasteiger partial charge in [0.15, 0.2) is 5.78 Å². The van der Waals surface area contributed by atoms with Crippen LogP contribution >= 0.6 is 0 Å². The Morgan fingerprint density at radius 2 is 1.91 bits per heavy atom. The van der Waals surface area contributed by atoms with Gasteiger partial charge < -0.3 is 11.5 Å². The van der Waals surface area contributed by atoms with Crippen LogP contribution in [-0.4, -0.2) is 17.9 Å². The number of Topliss-reactive ketones (excluding diaryl/α,β-unsaturated/α-hetero) is 1. The molecule has 0 bridgehead atoms. The van der Waals surface area contributed by atoms with E-state index in [2.05, 4.69) is 6.92 Å². The molecule has 0 spiro atoms. The molecule has 65 valence electrons. The molecule has 3 nitrogen and oxygen atoms in total. The molecule has 0 aromatic rings. The Bertz CT molecular complexity index is 134. The van der Waals surface area contributed by atoms with Gasteiger partial charge in [-0.05, 0) is 12.3 Å². The van der Waals surface area contributed by atoms with Crippen molar-refractivity contribution in [1.29, 1.82) is 0 Å². The van der Waals surface area contributed by atoms with Crippen LogP contribution in [0.5, 0.6) is 0 Å². The average Bonchev–Trinajstić information content (AvgIpc) is 2.00. The largest absolute Gasteiger partial charge is 0.321 e. The van der Waals surface area contributed by atoms with E-state index in [1.165, 1.54) is 0 Å². The quantitative estimate of drug-likeness (QED) is 0.607. The van der Waals surface area contributed by atoms with E-state index >= 15 is 0 Å². The lowest BCUT2D eigenvalue weighted by molar-refractivity contribution is -0.122. The number of nitrogens with two attached hydrogens (primary N) is 2. The van der Waals surface area contributed by atoms with E-state index in [0.29, 0.717) is 6.42 Å². The normalized spacial score (nSPS) is 16.5. The fourth-order valence-corrected chi connectivity index (χ4v) is 0.718. The van der Waals surface area contributed by atoms with Gasteiger partial charge in [0, 0.05) is 0 Å². The van der Waals surface area contributed by atoms with Gasteiger partial charge >= 0.3 is 0 Å². The molecule has 0 aromatic carbocycles. The Hall–Kier alpha value is -0.410. The molecule has 2 atom stereocenters. The molecule has 1 radical (unpaired) electrons. The molecule has 0 amide bonds. The van der Waals surface area contributed by atoms with E-state index in [9.17, 15) is 4.79 Å². The van der Waals surface area contributed by atoms with Gasteiger partial charge in [0.25, 0.3) is 0 Å². The first-order valence-corrected chi connectivity index (χ1v) is 3.84. The second-order valence-electron chi connectivity index (χ2n) is 3.07. The maximum atomic E-state index is 11.2. The SMILES string of the molecule is [CH2]CC(N)C(=O)[C@@H](N)C(C)C. The summed E-state index contributed by atoms with van der Waals surface area (Å²) in [5.74, 6) is 0.0649. The molecular formula is C8H17N2O. The van der Waals surface area contributed by atoms with Gasteiger partial charge in [0.05, 0.1) is 12.1 Å². The maximum Gasteiger partial charge on any atom is 0.166 e. The lowest BCUT2D eigenvalue weighted by atomic mass is 9.95. The van der Waals surface area contributed by atoms with Crippen molar-refractivity contribution >= 4 is 5.78 Å². The predicted octanol–water partition coefficient (Wildman–Crippen LogP) is 0.0903. The molecule has 0 aliphatic heterocycles. The Kier molecular flexibility index (Phi) is 4.30. The minimum Gasteiger partial charge on any atom is -0.321 e. The number of hydrogen-bond donors (Lipinski definition) is 2. The van der Waals surface area contributed by atoms with Crippen LogP contribution in [0.4, 0.5) is 0 Å². The van der Waals surface area contributed by atoms with Gasteiger partial charge in [0.1, 0.15) is 0 Å². The fraction of sp³-hybridized carbons (Fsp3) is 0.750. The lowest BCUT2D eigenvalue weighted by Crippen LogP contribution is -2.45. The number of carbonyl (C=O) groups excluding carboxylic acids is 1. The molecule has 3 heteroatoms. The van der Waals surface area contributed by atoms with E-state index < -0.39 is 12.1 Å². The maximum absolute atomic E-state index is 11.2. The van der Waals surface area contributed by atoms with E-state index in [1.54, 1.807) is 0 Å². The van der Waals surface area contributed by atoms with Crippen molar-refractivity contribution in [3.05, 3.63) is 6.92 Å². The summed E-state index contributed by atoms with van der Waals surface area (Å²) in [5.41, 5.74) is 11.0. The third-order valence-corrected chi connectivity index (χ3v) is 1.72. The number of rotatable bonds is 4. The Balaban J connectivity index is 4.02. The summed E-state index contributed by atoms with van der Waals surface area (Å²) in [6.07, 6.45) is 0.416. The lowest BCUT2D eigenvalue weighted by Gasteiger charge is -2.17. The first-order chi connectivity index (χ1) is 5.00. The standard InChI is InChI=1S/C8H17N2O/c1-4-6(9)8(11)7(10)5(2)3/h5-7H,1,4,9-10H2,2-3H3/t6?,7-/m0/s1. The van der Waals surface area contributed by atoms with Crippen molar-refractivity contribution in [2.24, 2.45) is 17.4 Å². The third-order valence-electron chi connectivity index (χ3n) is 1.72. The molecule has 0 saturated heterocycles. The van der Waals surface area contributed by atoms with Gasteiger partial charge in [-0.2, -0.15) is 0 Å². The second kappa shape index (κ2) is 4.46. The first kappa shape index (κ1) is 10.6. The van der Waals surface area contributed by atoms with Gasteiger partial charge in [-0.3, -0.25) is 4.79 Å². The van der Waals surface area contributed by atoms with Gasteiger partial charge in [-0.15, -0.1) is 0 Å². The van der Waals surface area contributed by atoms with Gasteiger partial charge in [-0.25, -0.2) is 0 Å². The van der Waals surface area contributed by atoms with E-state index in [0.717, 1.165) is 0 Å². The molecule has 0 heterocycles.